The maximum atomic E-state index is 12.9. The molecule has 1 unspecified atom stereocenters. The smallest absolute Gasteiger partial charge is 0.342 e. The van der Waals surface area contributed by atoms with Crippen molar-refractivity contribution in [2.45, 2.75) is 32.3 Å². The van der Waals surface area contributed by atoms with Crippen LogP contribution in [-0.2, 0) is 22.4 Å². The fraction of sp³-hybridized carbons (Fsp3) is 0.364. The maximum Gasteiger partial charge on any atom is 0.342 e. The summed E-state index contributed by atoms with van der Waals surface area (Å²) >= 11 is 6.07. The molecule has 0 bridgehead atoms. The largest absolute Gasteiger partial charge is 0.507 e. The summed E-state index contributed by atoms with van der Waals surface area (Å²) in [5.41, 5.74) is 6.47. The predicted molar refractivity (Wildman–Crippen MR) is 120 cm³/mol. The minimum Gasteiger partial charge on any atom is -0.507 e. The van der Waals surface area contributed by atoms with Gasteiger partial charge in [-0.3, -0.25) is 4.79 Å². The van der Waals surface area contributed by atoms with E-state index in [1.165, 1.54) is 21.3 Å². The second-order valence-electron chi connectivity index (χ2n) is 7.11. The zero-order valence-corrected chi connectivity index (χ0v) is 19.4. The number of carbonyl (C=O) groups is 2. The molecular weight excluding hydrogens is 458 g/mol. The summed E-state index contributed by atoms with van der Waals surface area (Å²) in [6, 6.07) is 2.44. The van der Waals surface area contributed by atoms with Gasteiger partial charge in [0.15, 0.2) is 11.5 Å². The summed E-state index contributed by atoms with van der Waals surface area (Å²) < 4.78 is 21.6. The molecule has 5 N–H and O–H groups in total. The number of carbonyl (C=O) groups excluding carboxylic acids is 1. The molecule has 0 heterocycles. The molecule has 2 aromatic rings. The maximum absolute atomic E-state index is 12.9. The Morgan fingerprint density at radius 3 is 2.21 bits per heavy atom. The molecule has 11 heteroatoms. The number of carboxylic acids is 1. The molecule has 0 spiro atoms. The standard InChI is InChI=1S/C22H26ClNO9/c1-10(7-12-20(31-3)13(24)8-16(30-2)21(12)32-4)33-22(29)18-11(5-6-17(27)28)19(23)15(26)9-14(18)25/h8-10,25-26H,5-7,24H2,1-4H3,(H,27,28). The number of benzene rings is 2. The summed E-state index contributed by atoms with van der Waals surface area (Å²) in [7, 11) is 4.33. The number of esters is 1. The first-order chi connectivity index (χ1) is 15.5. The predicted octanol–water partition coefficient (Wildman–Crippen LogP) is 3.16. The topological polar surface area (TPSA) is 158 Å². The number of hydrogen-bond donors (Lipinski definition) is 4. The molecule has 2 aromatic carbocycles. The Bertz CT molecular complexity index is 1060. The molecule has 0 saturated heterocycles. The van der Waals surface area contributed by atoms with Crippen LogP contribution in [0, 0.1) is 0 Å². The number of methoxy groups -OCH3 is 3. The SMILES string of the molecule is COc1cc(N)c(OC)c(CC(C)OC(=O)c2c(O)cc(O)c(Cl)c2CCC(=O)O)c1OC. The molecule has 2 rings (SSSR count). The number of ether oxygens (including phenoxy) is 4. The van der Waals surface area contributed by atoms with Gasteiger partial charge in [0.2, 0.25) is 0 Å². The van der Waals surface area contributed by atoms with Gasteiger partial charge in [0.05, 0.1) is 32.0 Å². The summed E-state index contributed by atoms with van der Waals surface area (Å²) in [6.07, 6.45) is -1.25. The van der Waals surface area contributed by atoms with Crippen LogP contribution in [0.3, 0.4) is 0 Å². The Labute approximate surface area is 195 Å². The van der Waals surface area contributed by atoms with Gasteiger partial charge in [-0.1, -0.05) is 11.6 Å². The number of anilines is 1. The Morgan fingerprint density at radius 2 is 1.67 bits per heavy atom. The van der Waals surface area contributed by atoms with Gasteiger partial charge in [0.1, 0.15) is 28.9 Å². The molecule has 0 aliphatic rings. The first kappa shape index (κ1) is 25.7. The van der Waals surface area contributed by atoms with E-state index >= 15 is 0 Å². The Balaban J connectivity index is 2.39. The van der Waals surface area contributed by atoms with Crippen molar-refractivity contribution in [3.8, 4) is 28.7 Å². The fourth-order valence-electron chi connectivity index (χ4n) is 3.45. The molecule has 33 heavy (non-hydrogen) atoms. The normalized spacial score (nSPS) is 11.5. The van der Waals surface area contributed by atoms with E-state index in [2.05, 4.69) is 0 Å². The highest BCUT2D eigenvalue weighted by molar-refractivity contribution is 6.33. The summed E-state index contributed by atoms with van der Waals surface area (Å²) in [5.74, 6) is -2.12. The lowest BCUT2D eigenvalue weighted by Gasteiger charge is -2.21. The molecule has 0 amide bonds. The van der Waals surface area contributed by atoms with Gasteiger partial charge < -0.3 is 40.0 Å². The monoisotopic (exact) mass is 483 g/mol. The molecule has 0 aliphatic heterocycles. The molecule has 0 aliphatic carbocycles. The molecule has 0 fully saturated rings. The number of phenolic OH excluding ortho intramolecular Hbond substituents is 2. The lowest BCUT2D eigenvalue weighted by atomic mass is 10.0. The quantitative estimate of drug-likeness (QED) is 0.292. The van der Waals surface area contributed by atoms with Gasteiger partial charge in [-0.2, -0.15) is 0 Å². The van der Waals surface area contributed by atoms with Crippen molar-refractivity contribution < 1.29 is 43.9 Å². The van der Waals surface area contributed by atoms with Crippen LogP contribution in [0.1, 0.15) is 34.8 Å². The summed E-state index contributed by atoms with van der Waals surface area (Å²) in [4.78, 5) is 23.9. The third-order valence-corrected chi connectivity index (χ3v) is 5.28. The van der Waals surface area contributed by atoms with Crippen molar-refractivity contribution in [1.29, 1.82) is 0 Å². The van der Waals surface area contributed by atoms with E-state index in [1.807, 2.05) is 0 Å². The van der Waals surface area contributed by atoms with Gasteiger partial charge in [-0.05, 0) is 18.9 Å². The zero-order chi connectivity index (χ0) is 24.9. The number of aromatic hydroxyl groups is 2. The molecule has 1 atom stereocenters. The minimum atomic E-state index is -1.14. The number of phenols is 2. The highest BCUT2D eigenvalue weighted by atomic mass is 35.5. The van der Waals surface area contributed by atoms with Crippen LogP contribution in [0.4, 0.5) is 5.69 Å². The first-order valence-corrected chi connectivity index (χ1v) is 10.2. The zero-order valence-electron chi connectivity index (χ0n) is 18.6. The molecule has 180 valence electrons. The Morgan fingerprint density at radius 1 is 1.03 bits per heavy atom. The van der Waals surface area contributed by atoms with Crippen LogP contribution in [0.15, 0.2) is 12.1 Å². The average Bonchev–Trinajstić information content (AvgIpc) is 2.74. The number of hydrogen-bond acceptors (Lipinski definition) is 9. The molecular formula is C22H26ClNO9. The molecule has 0 saturated carbocycles. The number of halogens is 1. The highest BCUT2D eigenvalue weighted by Gasteiger charge is 2.27. The number of aliphatic carboxylic acids is 1. The Hall–Kier alpha value is -3.53. The molecule has 0 aromatic heterocycles. The van der Waals surface area contributed by atoms with Crippen molar-refractivity contribution in [3.05, 3.63) is 33.8 Å². The van der Waals surface area contributed by atoms with E-state index in [4.69, 9.17) is 41.4 Å². The van der Waals surface area contributed by atoms with E-state index in [1.54, 1.807) is 13.0 Å². The summed E-state index contributed by atoms with van der Waals surface area (Å²) in [5, 5.41) is 28.9. The van der Waals surface area contributed by atoms with Crippen LogP contribution in [0.5, 0.6) is 28.7 Å². The van der Waals surface area contributed by atoms with Crippen LogP contribution in [0.25, 0.3) is 0 Å². The van der Waals surface area contributed by atoms with Crippen LogP contribution in [-0.4, -0.2) is 54.7 Å². The van der Waals surface area contributed by atoms with E-state index < -0.39 is 29.5 Å². The van der Waals surface area contributed by atoms with Crippen molar-refractivity contribution in [2.75, 3.05) is 27.1 Å². The highest BCUT2D eigenvalue weighted by Crippen LogP contribution is 2.43. The Kier molecular flexibility index (Phi) is 8.47. The van der Waals surface area contributed by atoms with Gasteiger partial charge in [-0.15, -0.1) is 0 Å². The third-order valence-electron chi connectivity index (χ3n) is 4.86. The van der Waals surface area contributed by atoms with Crippen LogP contribution < -0.4 is 19.9 Å². The first-order valence-electron chi connectivity index (χ1n) is 9.78. The fourth-order valence-corrected chi connectivity index (χ4v) is 3.69. The number of carboxylic acid groups (broad SMARTS) is 1. The van der Waals surface area contributed by atoms with Crippen molar-refractivity contribution in [1.82, 2.24) is 0 Å². The van der Waals surface area contributed by atoms with E-state index in [0.717, 1.165) is 6.07 Å². The van der Waals surface area contributed by atoms with Gasteiger partial charge in [-0.25, -0.2) is 4.79 Å². The number of nitrogen functional groups attached to an aromatic ring is 1. The van der Waals surface area contributed by atoms with Gasteiger partial charge in [0.25, 0.3) is 0 Å². The molecule has 10 nitrogen and oxygen atoms in total. The van der Waals surface area contributed by atoms with Crippen molar-refractivity contribution in [3.63, 3.8) is 0 Å². The third kappa shape index (κ3) is 5.64. The minimum absolute atomic E-state index is 0.0328. The van der Waals surface area contributed by atoms with Crippen molar-refractivity contribution >= 4 is 29.2 Å². The van der Waals surface area contributed by atoms with E-state index in [0.29, 0.717) is 28.5 Å². The summed E-state index contributed by atoms with van der Waals surface area (Å²) in [6.45, 7) is 1.60. The van der Waals surface area contributed by atoms with Gasteiger partial charge in [0, 0.05) is 30.5 Å². The average molecular weight is 484 g/mol. The van der Waals surface area contributed by atoms with E-state index in [9.17, 15) is 19.8 Å². The lowest BCUT2D eigenvalue weighted by molar-refractivity contribution is -0.136. The number of rotatable bonds is 10. The second-order valence-corrected chi connectivity index (χ2v) is 7.49. The lowest BCUT2D eigenvalue weighted by Crippen LogP contribution is -2.20. The van der Waals surface area contributed by atoms with Crippen molar-refractivity contribution in [2.24, 2.45) is 0 Å². The van der Waals surface area contributed by atoms with Gasteiger partial charge >= 0.3 is 11.9 Å². The van der Waals surface area contributed by atoms with Crippen LogP contribution >= 0.6 is 11.6 Å². The molecule has 0 radical (unpaired) electrons. The van der Waals surface area contributed by atoms with E-state index in [-0.39, 0.29) is 35.4 Å². The second kappa shape index (κ2) is 10.9. The van der Waals surface area contributed by atoms with Crippen LogP contribution in [0.2, 0.25) is 5.02 Å². The number of nitrogens with two attached hydrogens (primary N) is 1.